The highest BCUT2D eigenvalue weighted by Gasteiger charge is 2.19. The SMILES string of the molecule is CCCC(C)NC(=O)COC(=O)c1sc(-c2ccc(Cl)cc2)nc1C. The second-order valence-electron chi connectivity index (χ2n) is 5.77. The molecule has 0 radical (unpaired) electrons. The molecular weight excluding hydrogens is 360 g/mol. The maximum absolute atomic E-state index is 12.2. The Morgan fingerprint density at radius 1 is 1.32 bits per heavy atom. The summed E-state index contributed by atoms with van der Waals surface area (Å²) < 4.78 is 5.12. The molecule has 1 aromatic heterocycles. The molecule has 2 aromatic rings. The third-order valence-corrected chi connectivity index (χ3v) is 4.98. The van der Waals surface area contributed by atoms with E-state index in [0.717, 1.165) is 18.4 Å². The second-order valence-corrected chi connectivity index (χ2v) is 7.21. The van der Waals surface area contributed by atoms with Crippen LogP contribution in [0.1, 0.15) is 42.1 Å². The van der Waals surface area contributed by atoms with Crippen LogP contribution in [-0.2, 0) is 9.53 Å². The molecule has 134 valence electrons. The van der Waals surface area contributed by atoms with Gasteiger partial charge in [0.25, 0.3) is 5.91 Å². The molecule has 0 aliphatic heterocycles. The summed E-state index contributed by atoms with van der Waals surface area (Å²) >= 11 is 7.12. The average Bonchev–Trinajstić information content (AvgIpc) is 2.95. The molecule has 2 rings (SSSR count). The van der Waals surface area contributed by atoms with Crippen molar-refractivity contribution in [3.05, 3.63) is 39.9 Å². The van der Waals surface area contributed by atoms with Crippen LogP contribution >= 0.6 is 22.9 Å². The number of rotatable bonds is 7. The lowest BCUT2D eigenvalue weighted by Gasteiger charge is -2.12. The number of hydrogen-bond donors (Lipinski definition) is 1. The fraction of sp³-hybridized carbons (Fsp3) is 0.389. The zero-order valence-electron chi connectivity index (χ0n) is 14.5. The number of nitrogens with one attached hydrogen (secondary N) is 1. The Labute approximate surface area is 156 Å². The van der Waals surface area contributed by atoms with Crippen molar-refractivity contribution < 1.29 is 14.3 Å². The van der Waals surface area contributed by atoms with Gasteiger partial charge >= 0.3 is 5.97 Å². The molecule has 1 N–H and O–H groups in total. The van der Waals surface area contributed by atoms with Gasteiger partial charge in [-0.1, -0.05) is 37.1 Å². The van der Waals surface area contributed by atoms with Gasteiger partial charge in [-0.15, -0.1) is 11.3 Å². The Balaban J connectivity index is 1.98. The highest BCUT2D eigenvalue weighted by Crippen LogP contribution is 2.29. The first-order chi connectivity index (χ1) is 11.9. The average molecular weight is 381 g/mol. The van der Waals surface area contributed by atoms with Crippen LogP contribution in [0.25, 0.3) is 10.6 Å². The van der Waals surface area contributed by atoms with Gasteiger partial charge in [-0.05, 0) is 32.4 Å². The quantitative estimate of drug-likeness (QED) is 0.729. The summed E-state index contributed by atoms with van der Waals surface area (Å²) in [4.78, 5) is 28.8. The maximum atomic E-state index is 12.2. The smallest absolute Gasteiger partial charge is 0.350 e. The Morgan fingerprint density at radius 2 is 2.00 bits per heavy atom. The first-order valence-electron chi connectivity index (χ1n) is 8.10. The molecule has 7 heteroatoms. The lowest BCUT2D eigenvalue weighted by Crippen LogP contribution is -2.35. The number of nitrogens with zero attached hydrogens (tertiary/aromatic N) is 1. The summed E-state index contributed by atoms with van der Waals surface area (Å²) in [6, 6.07) is 7.30. The molecule has 0 fully saturated rings. The molecule has 0 bridgehead atoms. The van der Waals surface area contributed by atoms with Gasteiger partial charge in [0.05, 0.1) is 5.69 Å². The highest BCUT2D eigenvalue weighted by molar-refractivity contribution is 7.17. The Kier molecular flexibility index (Phi) is 6.96. The molecule has 0 aliphatic carbocycles. The van der Waals surface area contributed by atoms with E-state index in [-0.39, 0.29) is 18.6 Å². The van der Waals surface area contributed by atoms with Crippen LogP contribution in [0, 0.1) is 6.92 Å². The molecular formula is C18H21ClN2O3S. The van der Waals surface area contributed by atoms with Crippen molar-refractivity contribution in [3.63, 3.8) is 0 Å². The molecule has 0 saturated heterocycles. The van der Waals surface area contributed by atoms with E-state index in [9.17, 15) is 9.59 Å². The minimum Gasteiger partial charge on any atom is -0.451 e. The van der Waals surface area contributed by atoms with Crippen LogP contribution in [-0.4, -0.2) is 29.5 Å². The number of benzene rings is 1. The lowest BCUT2D eigenvalue weighted by molar-refractivity contribution is -0.124. The van der Waals surface area contributed by atoms with Gasteiger partial charge in [0.1, 0.15) is 9.88 Å². The van der Waals surface area contributed by atoms with Gasteiger partial charge in [-0.3, -0.25) is 4.79 Å². The van der Waals surface area contributed by atoms with Crippen LogP contribution in [0.3, 0.4) is 0 Å². The summed E-state index contributed by atoms with van der Waals surface area (Å²) in [5.74, 6) is -0.831. The van der Waals surface area contributed by atoms with E-state index in [1.165, 1.54) is 11.3 Å². The number of halogens is 1. The molecule has 1 amide bonds. The summed E-state index contributed by atoms with van der Waals surface area (Å²) in [5, 5.41) is 4.15. The second kappa shape index (κ2) is 8.97. The molecule has 1 atom stereocenters. The van der Waals surface area contributed by atoms with Gasteiger partial charge in [0, 0.05) is 16.6 Å². The number of aromatic nitrogens is 1. The number of ether oxygens (including phenoxy) is 1. The van der Waals surface area contributed by atoms with Gasteiger partial charge in [-0.25, -0.2) is 9.78 Å². The van der Waals surface area contributed by atoms with Crippen molar-refractivity contribution in [1.82, 2.24) is 10.3 Å². The number of esters is 1. The fourth-order valence-electron chi connectivity index (χ4n) is 2.32. The normalized spacial score (nSPS) is 11.8. The largest absolute Gasteiger partial charge is 0.451 e. The summed E-state index contributed by atoms with van der Waals surface area (Å²) in [6.45, 7) is 5.43. The van der Waals surface area contributed by atoms with Crippen molar-refractivity contribution in [3.8, 4) is 10.6 Å². The highest BCUT2D eigenvalue weighted by atomic mass is 35.5. The minimum absolute atomic E-state index is 0.0675. The Morgan fingerprint density at radius 3 is 2.64 bits per heavy atom. The summed E-state index contributed by atoms with van der Waals surface area (Å²) in [7, 11) is 0. The number of hydrogen-bond acceptors (Lipinski definition) is 5. The van der Waals surface area contributed by atoms with E-state index in [2.05, 4.69) is 10.3 Å². The first kappa shape index (κ1) is 19.4. The number of carbonyl (C=O) groups excluding carboxylic acids is 2. The van der Waals surface area contributed by atoms with E-state index in [0.29, 0.717) is 20.6 Å². The fourth-order valence-corrected chi connectivity index (χ4v) is 3.41. The van der Waals surface area contributed by atoms with E-state index >= 15 is 0 Å². The number of carbonyl (C=O) groups is 2. The number of thiazole rings is 1. The standard InChI is InChI=1S/C18H21ClN2O3S/c1-4-5-11(2)20-15(22)10-24-18(23)16-12(3)21-17(25-16)13-6-8-14(19)9-7-13/h6-9,11H,4-5,10H2,1-3H3,(H,20,22). The maximum Gasteiger partial charge on any atom is 0.350 e. The molecule has 1 unspecified atom stereocenters. The Bertz CT molecular complexity index is 743. The first-order valence-corrected chi connectivity index (χ1v) is 9.30. The zero-order chi connectivity index (χ0) is 18.4. The number of aryl methyl sites for hydroxylation is 1. The van der Waals surface area contributed by atoms with Crippen LogP contribution in [0.2, 0.25) is 5.02 Å². The summed E-state index contributed by atoms with van der Waals surface area (Å²) in [6.07, 6.45) is 1.87. The lowest BCUT2D eigenvalue weighted by atomic mass is 10.2. The van der Waals surface area contributed by atoms with Crippen molar-refractivity contribution in [1.29, 1.82) is 0 Å². The van der Waals surface area contributed by atoms with Gasteiger partial charge in [0.15, 0.2) is 6.61 Å². The monoisotopic (exact) mass is 380 g/mol. The van der Waals surface area contributed by atoms with Crippen LogP contribution in [0.4, 0.5) is 0 Å². The van der Waals surface area contributed by atoms with Crippen molar-refractivity contribution in [2.45, 2.75) is 39.7 Å². The third-order valence-electron chi connectivity index (χ3n) is 3.54. The number of amides is 1. The van der Waals surface area contributed by atoms with E-state index < -0.39 is 5.97 Å². The summed E-state index contributed by atoms with van der Waals surface area (Å²) in [5.41, 5.74) is 1.46. The molecule has 25 heavy (non-hydrogen) atoms. The zero-order valence-corrected chi connectivity index (χ0v) is 16.0. The Hall–Kier alpha value is -1.92. The predicted molar refractivity (Wildman–Crippen MR) is 100 cm³/mol. The van der Waals surface area contributed by atoms with Crippen LogP contribution in [0.15, 0.2) is 24.3 Å². The van der Waals surface area contributed by atoms with E-state index in [4.69, 9.17) is 16.3 Å². The van der Waals surface area contributed by atoms with Crippen LogP contribution < -0.4 is 5.32 Å². The van der Waals surface area contributed by atoms with Gasteiger partial charge in [-0.2, -0.15) is 0 Å². The topological polar surface area (TPSA) is 68.3 Å². The van der Waals surface area contributed by atoms with E-state index in [1.807, 2.05) is 26.0 Å². The minimum atomic E-state index is -0.534. The van der Waals surface area contributed by atoms with E-state index in [1.54, 1.807) is 19.1 Å². The molecule has 1 heterocycles. The third kappa shape index (κ3) is 5.54. The van der Waals surface area contributed by atoms with Gasteiger partial charge < -0.3 is 10.1 Å². The molecule has 1 aromatic carbocycles. The molecule has 0 saturated carbocycles. The van der Waals surface area contributed by atoms with Crippen LogP contribution in [0.5, 0.6) is 0 Å². The molecule has 0 spiro atoms. The van der Waals surface area contributed by atoms with Crippen molar-refractivity contribution in [2.75, 3.05) is 6.61 Å². The van der Waals surface area contributed by atoms with Crippen molar-refractivity contribution >= 4 is 34.8 Å². The molecule has 0 aliphatic rings. The predicted octanol–water partition coefficient (Wildman–Crippen LogP) is 4.23. The molecule has 5 nitrogen and oxygen atoms in total. The van der Waals surface area contributed by atoms with Crippen molar-refractivity contribution in [2.24, 2.45) is 0 Å². The van der Waals surface area contributed by atoms with Gasteiger partial charge in [0.2, 0.25) is 0 Å².